The fourth-order valence-electron chi connectivity index (χ4n) is 3.21. The Balaban J connectivity index is 2.10. The van der Waals surface area contributed by atoms with Crippen LogP contribution in [-0.2, 0) is 11.3 Å². The van der Waals surface area contributed by atoms with Gasteiger partial charge in [0.1, 0.15) is 0 Å². The molecular weight excluding hydrogens is 262 g/mol. The van der Waals surface area contributed by atoms with Crippen LogP contribution in [0.3, 0.4) is 0 Å². The second-order valence-electron chi connectivity index (χ2n) is 6.42. The Morgan fingerprint density at radius 2 is 2.14 bits per heavy atom. The normalized spacial score (nSPS) is 21.7. The first-order valence-corrected chi connectivity index (χ1v) is 7.50. The van der Waals surface area contributed by atoms with E-state index < -0.39 is 0 Å². The quantitative estimate of drug-likeness (QED) is 0.921. The zero-order valence-electron chi connectivity index (χ0n) is 13.0. The summed E-state index contributed by atoms with van der Waals surface area (Å²) in [5, 5.41) is 1.18. The van der Waals surface area contributed by atoms with E-state index in [4.69, 9.17) is 10.5 Å². The summed E-state index contributed by atoms with van der Waals surface area (Å²) in [6, 6.07) is 10.4. The van der Waals surface area contributed by atoms with Crippen LogP contribution in [-0.4, -0.2) is 29.8 Å². The van der Waals surface area contributed by atoms with E-state index in [1.165, 1.54) is 11.1 Å². The van der Waals surface area contributed by atoms with Crippen molar-refractivity contribution in [3.63, 3.8) is 0 Å². The van der Waals surface area contributed by atoms with Crippen molar-refractivity contribution in [3.05, 3.63) is 36.0 Å². The SMILES string of the molecule is CC1CN(c2cc(CN)nc3ccccc23)CC(C)(C)O1. The molecule has 4 heteroatoms. The van der Waals surface area contributed by atoms with Crippen LogP contribution >= 0.6 is 0 Å². The van der Waals surface area contributed by atoms with Crippen molar-refractivity contribution in [1.82, 2.24) is 4.98 Å². The summed E-state index contributed by atoms with van der Waals surface area (Å²) in [5.74, 6) is 0. The number of pyridine rings is 1. The third-order valence-corrected chi connectivity index (χ3v) is 3.87. The van der Waals surface area contributed by atoms with E-state index in [1.54, 1.807) is 0 Å². The number of hydrogen-bond donors (Lipinski definition) is 1. The molecule has 2 heterocycles. The Hall–Kier alpha value is -1.65. The average molecular weight is 285 g/mol. The zero-order valence-corrected chi connectivity index (χ0v) is 13.0. The number of hydrogen-bond acceptors (Lipinski definition) is 4. The van der Waals surface area contributed by atoms with Crippen molar-refractivity contribution in [2.45, 2.75) is 39.0 Å². The molecule has 1 aliphatic heterocycles. The molecule has 1 saturated heterocycles. The smallest absolute Gasteiger partial charge is 0.0805 e. The number of nitrogens with two attached hydrogens (primary N) is 1. The molecule has 1 aromatic heterocycles. The minimum absolute atomic E-state index is 0.148. The predicted molar refractivity (Wildman–Crippen MR) is 86.5 cm³/mol. The van der Waals surface area contributed by atoms with Gasteiger partial charge >= 0.3 is 0 Å². The molecule has 3 rings (SSSR count). The van der Waals surface area contributed by atoms with Crippen LogP contribution in [0, 0.1) is 0 Å². The lowest BCUT2D eigenvalue weighted by Crippen LogP contribution is -2.52. The first-order chi connectivity index (χ1) is 9.98. The molecule has 1 atom stereocenters. The van der Waals surface area contributed by atoms with Gasteiger partial charge in [-0.05, 0) is 32.9 Å². The monoisotopic (exact) mass is 285 g/mol. The van der Waals surface area contributed by atoms with Gasteiger partial charge < -0.3 is 15.4 Å². The Morgan fingerprint density at radius 1 is 1.38 bits per heavy atom. The van der Waals surface area contributed by atoms with Crippen molar-refractivity contribution in [1.29, 1.82) is 0 Å². The summed E-state index contributed by atoms with van der Waals surface area (Å²) in [4.78, 5) is 7.02. The molecule has 0 saturated carbocycles. The van der Waals surface area contributed by atoms with Crippen LogP contribution in [0.5, 0.6) is 0 Å². The molecule has 0 amide bonds. The largest absolute Gasteiger partial charge is 0.369 e. The highest BCUT2D eigenvalue weighted by Crippen LogP contribution is 2.31. The first-order valence-electron chi connectivity index (χ1n) is 7.50. The Bertz CT molecular complexity index is 654. The summed E-state index contributed by atoms with van der Waals surface area (Å²) < 4.78 is 6.01. The Morgan fingerprint density at radius 3 is 2.86 bits per heavy atom. The molecule has 2 aromatic rings. The standard InChI is InChI=1S/C17H23N3O/c1-12-10-20(11-17(2,3)21-12)16-8-13(9-18)19-15-7-5-4-6-14(15)16/h4-8,12H,9-11,18H2,1-3H3. The number of benzene rings is 1. The van der Waals surface area contributed by atoms with Crippen molar-refractivity contribution >= 4 is 16.6 Å². The Labute approximate surface area is 125 Å². The van der Waals surface area contributed by atoms with Crippen molar-refractivity contribution < 1.29 is 4.74 Å². The summed E-state index contributed by atoms with van der Waals surface area (Å²) in [5.41, 5.74) is 8.82. The van der Waals surface area contributed by atoms with Crippen LogP contribution in [0.15, 0.2) is 30.3 Å². The number of aromatic nitrogens is 1. The van der Waals surface area contributed by atoms with Crippen LogP contribution < -0.4 is 10.6 Å². The maximum atomic E-state index is 6.01. The second kappa shape index (κ2) is 5.28. The van der Waals surface area contributed by atoms with E-state index in [1.807, 2.05) is 12.1 Å². The van der Waals surface area contributed by atoms with Gasteiger partial charge in [-0.25, -0.2) is 0 Å². The molecule has 21 heavy (non-hydrogen) atoms. The van der Waals surface area contributed by atoms with E-state index in [9.17, 15) is 0 Å². The highest BCUT2D eigenvalue weighted by Gasteiger charge is 2.32. The highest BCUT2D eigenvalue weighted by molar-refractivity contribution is 5.92. The number of anilines is 1. The predicted octanol–water partition coefficient (Wildman–Crippen LogP) is 2.70. The topological polar surface area (TPSA) is 51.4 Å². The lowest BCUT2D eigenvalue weighted by Gasteiger charge is -2.43. The molecule has 1 aliphatic rings. The zero-order chi connectivity index (χ0) is 15.0. The molecule has 4 nitrogen and oxygen atoms in total. The van der Waals surface area contributed by atoms with Crippen molar-refractivity contribution in [2.24, 2.45) is 5.73 Å². The minimum Gasteiger partial charge on any atom is -0.369 e. The molecule has 0 spiro atoms. The first kappa shape index (κ1) is 14.3. The van der Waals surface area contributed by atoms with E-state index in [0.717, 1.165) is 24.3 Å². The van der Waals surface area contributed by atoms with Gasteiger partial charge in [0.25, 0.3) is 0 Å². The summed E-state index contributed by atoms with van der Waals surface area (Å²) in [6.45, 7) is 8.63. The highest BCUT2D eigenvalue weighted by atomic mass is 16.5. The fraction of sp³-hybridized carbons (Fsp3) is 0.471. The van der Waals surface area contributed by atoms with Gasteiger partial charge in [0, 0.05) is 30.7 Å². The molecule has 0 aliphatic carbocycles. The number of morpholine rings is 1. The van der Waals surface area contributed by atoms with Gasteiger partial charge in [0.2, 0.25) is 0 Å². The van der Waals surface area contributed by atoms with Crippen molar-refractivity contribution in [2.75, 3.05) is 18.0 Å². The van der Waals surface area contributed by atoms with E-state index >= 15 is 0 Å². The van der Waals surface area contributed by atoms with Gasteiger partial charge in [-0.3, -0.25) is 4.98 Å². The lowest BCUT2D eigenvalue weighted by molar-refractivity contribution is -0.0749. The molecular formula is C17H23N3O. The number of rotatable bonds is 2. The van der Waals surface area contributed by atoms with Gasteiger partial charge in [-0.2, -0.15) is 0 Å². The molecule has 112 valence electrons. The molecule has 1 aromatic carbocycles. The van der Waals surface area contributed by atoms with Gasteiger partial charge in [0.15, 0.2) is 0 Å². The molecule has 2 N–H and O–H groups in total. The average Bonchev–Trinajstić information content (AvgIpc) is 2.44. The Kier molecular flexibility index (Phi) is 3.59. The van der Waals surface area contributed by atoms with E-state index in [2.05, 4.69) is 48.9 Å². The maximum Gasteiger partial charge on any atom is 0.0805 e. The molecule has 1 unspecified atom stereocenters. The van der Waals surface area contributed by atoms with Crippen LogP contribution in [0.4, 0.5) is 5.69 Å². The van der Waals surface area contributed by atoms with Gasteiger partial charge in [-0.15, -0.1) is 0 Å². The third-order valence-electron chi connectivity index (χ3n) is 3.87. The number of para-hydroxylation sites is 1. The summed E-state index contributed by atoms with van der Waals surface area (Å²) >= 11 is 0. The molecule has 0 bridgehead atoms. The molecule has 1 fully saturated rings. The minimum atomic E-state index is -0.148. The van der Waals surface area contributed by atoms with Crippen LogP contribution in [0.2, 0.25) is 0 Å². The van der Waals surface area contributed by atoms with Gasteiger partial charge in [0.05, 0.1) is 22.9 Å². The van der Waals surface area contributed by atoms with Crippen molar-refractivity contribution in [3.8, 4) is 0 Å². The second-order valence-corrected chi connectivity index (χ2v) is 6.42. The third kappa shape index (κ3) is 2.87. The number of nitrogens with zero attached hydrogens (tertiary/aromatic N) is 2. The van der Waals surface area contributed by atoms with Gasteiger partial charge in [-0.1, -0.05) is 18.2 Å². The van der Waals surface area contributed by atoms with E-state index in [-0.39, 0.29) is 11.7 Å². The maximum absolute atomic E-state index is 6.01. The lowest BCUT2D eigenvalue weighted by atomic mass is 10.0. The van der Waals surface area contributed by atoms with Crippen LogP contribution in [0.1, 0.15) is 26.5 Å². The number of fused-ring (bicyclic) bond motifs is 1. The summed E-state index contributed by atoms with van der Waals surface area (Å²) in [6.07, 6.45) is 0.210. The van der Waals surface area contributed by atoms with E-state index in [0.29, 0.717) is 6.54 Å². The fourth-order valence-corrected chi connectivity index (χ4v) is 3.21. The summed E-state index contributed by atoms with van der Waals surface area (Å²) in [7, 11) is 0. The number of ether oxygens (including phenoxy) is 1. The van der Waals surface area contributed by atoms with Crippen LogP contribution in [0.25, 0.3) is 10.9 Å². The molecule has 0 radical (unpaired) electrons.